The minimum absolute atomic E-state index is 0.0577. The van der Waals surface area contributed by atoms with E-state index in [4.69, 9.17) is 0 Å². The van der Waals surface area contributed by atoms with Gasteiger partial charge in [0.15, 0.2) is 0 Å². The molecule has 1 N–H and O–H groups in total. The van der Waals surface area contributed by atoms with Crippen LogP contribution in [0, 0.1) is 11.8 Å². The number of benzene rings is 2. The molecule has 0 unspecified atom stereocenters. The SMILES string of the molecule is C[C@H]1C[C@@H]1C(=O)NC(c1ccccc1)c1ccccc1. The molecule has 1 aliphatic rings. The van der Waals surface area contributed by atoms with E-state index in [0.29, 0.717) is 5.92 Å². The second kappa shape index (κ2) is 5.49. The maximum atomic E-state index is 12.3. The van der Waals surface area contributed by atoms with Gasteiger partial charge >= 0.3 is 0 Å². The van der Waals surface area contributed by atoms with Crippen LogP contribution < -0.4 is 5.32 Å². The number of carbonyl (C=O) groups excluding carboxylic acids is 1. The monoisotopic (exact) mass is 265 g/mol. The molecular formula is C18H19NO. The smallest absolute Gasteiger partial charge is 0.224 e. The van der Waals surface area contributed by atoms with Gasteiger partial charge in [-0.05, 0) is 23.5 Å². The molecule has 2 aromatic rings. The van der Waals surface area contributed by atoms with Gasteiger partial charge < -0.3 is 5.32 Å². The van der Waals surface area contributed by atoms with Crippen LogP contribution in [-0.2, 0) is 4.79 Å². The lowest BCUT2D eigenvalue weighted by Gasteiger charge is -2.20. The van der Waals surface area contributed by atoms with Crippen LogP contribution in [0.3, 0.4) is 0 Å². The molecule has 0 bridgehead atoms. The van der Waals surface area contributed by atoms with E-state index in [9.17, 15) is 4.79 Å². The number of rotatable bonds is 4. The third-order valence-electron chi connectivity index (χ3n) is 4.00. The summed E-state index contributed by atoms with van der Waals surface area (Å²) in [6.45, 7) is 2.13. The quantitative estimate of drug-likeness (QED) is 0.900. The normalized spacial score (nSPS) is 20.7. The standard InChI is InChI=1S/C18H19NO/c1-13-12-16(13)18(20)19-17(14-8-4-2-5-9-14)15-10-6-3-7-11-15/h2-11,13,16-17H,12H2,1H3,(H,19,20)/t13-,16-/m0/s1. The molecule has 0 spiro atoms. The summed E-state index contributed by atoms with van der Waals surface area (Å²) >= 11 is 0. The zero-order chi connectivity index (χ0) is 13.9. The Morgan fingerprint density at radius 3 is 1.85 bits per heavy atom. The van der Waals surface area contributed by atoms with Crippen molar-refractivity contribution in [2.24, 2.45) is 11.8 Å². The molecule has 3 rings (SSSR count). The fourth-order valence-corrected chi connectivity index (χ4v) is 2.59. The van der Waals surface area contributed by atoms with Gasteiger partial charge in [-0.15, -0.1) is 0 Å². The van der Waals surface area contributed by atoms with Gasteiger partial charge in [-0.3, -0.25) is 4.79 Å². The van der Waals surface area contributed by atoms with Crippen LogP contribution in [0.25, 0.3) is 0 Å². The summed E-state index contributed by atoms with van der Waals surface area (Å²) in [5, 5.41) is 3.20. The number of nitrogens with one attached hydrogen (secondary N) is 1. The lowest BCUT2D eigenvalue weighted by atomic mass is 9.98. The summed E-state index contributed by atoms with van der Waals surface area (Å²) in [5.74, 6) is 0.905. The Bertz CT molecular complexity index is 539. The second-order valence-electron chi connectivity index (χ2n) is 5.58. The lowest BCUT2D eigenvalue weighted by molar-refractivity contribution is -0.123. The summed E-state index contributed by atoms with van der Waals surface area (Å²) in [6.07, 6.45) is 1.02. The summed E-state index contributed by atoms with van der Waals surface area (Å²) in [7, 11) is 0. The predicted molar refractivity (Wildman–Crippen MR) is 80.1 cm³/mol. The van der Waals surface area contributed by atoms with E-state index in [1.807, 2.05) is 36.4 Å². The molecule has 0 radical (unpaired) electrons. The Kier molecular flexibility index (Phi) is 3.55. The molecule has 0 aliphatic heterocycles. The molecule has 2 aromatic carbocycles. The predicted octanol–water partition coefficient (Wildman–Crippen LogP) is 3.55. The molecule has 0 saturated heterocycles. The zero-order valence-electron chi connectivity index (χ0n) is 11.6. The molecule has 102 valence electrons. The van der Waals surface area contributed by atoms with Crippen molar-refractivity contribution < 1.29 is 4.79 Å². The van der Waals surface area contributed by atoms with Gasteiger partial charge in [-0.2, -0.15) is 0 Å². The van der Waals surface area contributed by atoms with Crippen molar-refractivity contribution in [2.75, 3.05) is 0 Å². The number of amides is 1. The van der Waals surface area contributed by atoms with Gasteiger partial charge in [0, 0.05) is 5.92 Å². The van der Waals surface area contributed by atoms with E-state index in [1.54, 1.807) is 0 Å². The van der Waals surface area contributed by atoms with Crippen molar-refractivity contribution in [3.05, 3.63) is 71.8 Å². The Labute approximate surface area is 119 Å². The Balaban J connectivity index is 1.86. The first-order valence-corrected chi connectivity index (χ1v) is 7.16. The molecule has 1 saturated carbocycles. The van der Waals surface area contributed by atoms with Crippen molar-refractivity contribution >= 4 is 5.91 Å². The van der Waals surface area contributed by atoms with Gasteiger partial charge in [0.05, 0.1) is 6.04 Å². The van der Waals surface area contributed by atoms with E-state index >= 15 is 0 Å². The first-order chi connectivity index (χ1) is 9.75. The van der Waals surface area contributed by atoms with Crippen LogP contribution in [0.1, 0.15) is 30.5 Å². The minimum Gasteiger partial charge on any atom is -0.345 e. The molecule has 20 heavy (non-hydrogen) atoms. The van der Waals surface area contributed by atoms with E-state index in [2.05, 4.69) is 36.5 Å². The highest BCUT2D eigenvalue weighted by Crippen LogP contribution is 2.38. The van der Waals surface area contributed by atoms with Crippen LogP contribution in [0.15, 0.2) is 60.7 Å². The van der Waals surface area contributed by atoms with E-state index in [-0.39, 0.29) is 17.9 Å². The molecule has 1 fully saturated rings. The van der Waals surface area contributed by atoms with Gasteiger partial charge in [-0.1, -0.05) is 67.6 Å². The molecule has 2 nitrogen and oxygen atoms in total. The van der Waals surface area contributed by atoms with Gasteiger partial charge in [0.25, 0.3) is 0 Å². The summed E-state index contributed by atoms with van der Waals surface area (Å²) < 4.78 is 0. The lowest BCUT2D eigenvalue weighted by Crippen LogP contribution is -2.30. The average molecular weight is 265 g/mol. The Hall–Kier alpha value is -2.09. The van der Waals surface area contributed by atoms with E-state index < -0.39 is 0 Å². The zero-order valence-corrected chi connectivity index (χ0v) is 11.6. The summed E-state index contributed by atoms with van der Waals surface area (Å²) in [5.41, 5.74) is 2.25. The second-order valence-corrected chi connectivity index (χ2v) is 5.58. The molecule has 2 heteroatoms. The average Bonchev–Trinajstić information content (AvgIpc) is 3.23. The summed E-state index contributed by atoms with van der Waals surface area (Å²) in [4.78, 5) is 12.3. The number of hydrogen-bond acceptors (Lipinski definition) is 1. The molecule has 1 amide bonds. The van der Waals surface area contributed by atoms with Gasteiger partial charge in [0.1, 0.15) is 0 Å². The van der Waals surface area contributed by atoms with Crippen LogP contribution in [0.5, 0.6) is 0 Å². The first kappa shape index (κ1) is 12.9. The first-order valence-electron chi connectivity index (χ1n) is 7.16. The molecule has 0 aromatic heterocycles. The van der Waals surface area contributed by atoms with E-state index in [0.717, 1.165) is 17.5 Å². The maximum Gasteiger partial charge on any atom is 0.224 e. The van der Waals surface area contributed by atoms with Crippen molar-refractivity contribution in [1.82, 2.24) is 5.32 Å². The molecular weight excluding hydrogens is 246 g/mol. The van der Waals surface area contributed by atoms with Crippen LogP contribution in [-0.4, -0.2) is 5.91 Å². The highest BCUT2D eigenvalue weighted by molar-refractivity contribution is 5.82. The van der Waals surface area contributed by atoms with E-state index in [1.165, 1.54) is 0 Å². The number of hydrogen-bond donors (Lipinski definition) is 1. The highest BCUT2D eigenvalue weighted by atomic mass is 16.2. The van der Waals surface area contributed by atoms with Crippen LogP contribution in [0.2, 0.25) is 0 Å². The van der Waals surface area contributed by atoms with Crippen LogP contribution in [0.4, 0.5) is 0 Å². The topological polar surface area (TPSA) is 29.1 Å². The number of carbonyl (C=O) groups is 1. The Morgan fingerprint density at radius 1 is 1.00 bits per heavy atom. The summed E-state index contributed by atoms with van der Waals surface area (Å²) in [6, 6.07) is 20.2. The maximum absolute atomic E-state index is 12.3. The Morgan fingerprint density at radius 2 is 1.45 bits per heavy atom. The molecule has 2 atom stereocenters. The van der Waals surface area contributed by atoms with Crippen molar-refractivity contribution in [3.8, 4) is 0 Å². The largest absolute Gasteiger partial charge is 0.345 e. The molecule has 1 aliphatic carbocycles. The third-order valence-corrected chi connectivity index (χ3v) is 4.00. The van der Waals surface area contributed by atoms with Crippen LogP contribution >= 0.6 is 0 Å². The van der Waals surface area contributed by atoms with Crippen molar-refractivity contribution in [1.29, 1.82) is 0 Å². The minimum atomic E-state index is -0.0577. The fourth-order valence-electron chi connectivity index (χ4n) is 2.59. The molecule has 0 heterocycles. The third kappa shape index (κ3) is 2.74. The van der Waals surface area contributed by atoms with Crippen molar-refractivity contribution in [2.45, 2.75) is 19.4 Å². The highest BCUT2D eigenvalue weighted by Gasteiger charge is 2.39. The van der Waals surface area contributed by atoms with Crippen molar-refractivity contribution in [3.63, 3.8) is 0 Å². The van der Waals surface area contributed by atoms with Gasteiger partial charge in [-0.25, -0.2) is 0 Å². The fraction of sp³-hybridized carbons (Fsp3) is 0.278. The van der Waals surface area contributed by atoms with Gasteiger partial charge in [0.2, 0.25) is 5.91 Å².